The van der Waals surface area contributed by atoms with Crippen LogP contribution in [0.3, 0.4) is 0 Å². The van der Waals surface area contributed by atoms with Gasteiger partial charge in [-0.2, -0.15) is 13.2 Å². The molecule has 1 fully saturated rings. The molecule has 1 aliphatic rings. The molecule has 94 valence electrons. The van der Waals surface area contributed by atoms with Crippen molar-refractivity contribution in [2.75, 3.05) is 32.7 Å². The molecule has 0 aromatic rings. The van der Waals surface area contributed by atoms with Crippen molar-refractivity contribution in [1.29, 1.82) is 0 Å². The molecule has 1 aliphatic heterocycles. The molecule has 1 saturated heterocycles. The topological polar surface area (TPSA) is 44.4 Å². The van der Waals surface area contributed by atoms with E-state index in [9.17, 15) is 18.0 Å². The number of nitrogens with one attached hydrogen (secondary N) is 2. The fourth-order valence-electron chi connectivity index (χ4n) is 1.56. The summed E-state index contributed by atoms with van der Waals surface area (Å²) >= 11 is 0. The Hall–Kier alpha value is -0.820. The Balaban J connectivity index is 2.28. The number of amides is 1. The summed E-state index contributed by atoms with van der Waals surface area (Å²) in [6, 6.07) is 0.172. The lowest BCUT2D eigenvalue weighted by atomic mass is 10.2. The van der Waals surface area contributed by atoms with E-state index in [0.29, 0.717) is 6.54 Å². The van der Waals surface area contributed by atoms with Gasteiger partial charge in [0, 0.05) is 25.7 Å². The van der Waals surface area contributed by atoms with E-state index in [1.54, 1.807) is 0 Å². The first-order chi connectivity index (χ1) is 7.38. The van der Waals surface area contributed by atoms with Gasteiger partial charge in [-0.25, -0.2) is 0 Å². The van der Waals surface area contributed by atoms with Gasteiger partial charge < -0.3 is 10.6 Å². The number of nitrogens with zero attached hydrogens (tertiary/aromatic N) is 1. The van der Waals surface area contributed by atoms with Crippen molar-refractivity contribution in [3.63, 3.8) is 0 Å². The number of alkyl halides is 3. The number of hydrogen-bond acceptors (Lipinski definition) is 3. The maximum Gasteiger partial charge on any atom is 0.405 e. The van der Waals surface area contributed by atoms with Crippen LogP contribution >= 0.6 is 0 Å². The minimum atomic E-state index is -4.34. The van der Waals surface area contributed by atoms with E-state index in [1.165, 1.54) is 0 Å². The van der Waals surface area contributed by atoms with Crippen molar-refractivity contribution in [3.05, 3.63) is 0 Å². The second-order valence-corrected chi connectivity index (χ2v) is 3.92. The number of rotatable bonds is 3. The average Bonchev–Trinajstić information content (AvgIpc) is 2.18. The predicted octanol–water partition coefficient (Wildman–Crippen LogP) is -0.0414. The SMILES string of the molecule is C[C@@H]1CNCCN1CC(=O)NCC(F)(F)F. The highest BCUT2D eigenvalue weighted by Gasteiger charge is 2.28. The minimum Gasteiger partial charge on any atom is -0.346 e. The summed E-state index contributed by atoms with van der Waals surface area (Å²) in [5.74, 6) is -0.578. The molecule has 4 nitrogen and oxygen atoms in total. The minimum absolute atomic E-state index is 0.0267. The zero-order chi connectivity index (χ0) is 12.2. The largest absolute Gasteiger partial charge is 0.405 e. The van der Waals surface area contributed by atoms with E-state index in [0.717, 1.165) is 13.1 Å². The van der Waals surface area contributed by atoms with Crippen molar-refractivity contribution >= 4 is 5.91 Å². The normalized spacial score (nSPS) is 23.1. The van der Waals surface area contributed by atoms with Crippen molar-refractivity contribution in [1.82, 2.24) is 15.5 Å². The molecule has 0 aliphatic carbocycles. The Bertz CT molecular complexity index is 245. The monoisotopic (exact) mass is 239 g/mol. The van der Waals surface area contributed by atoms with Crippen LogP contribution < -0.4 is 10.6 Å². The lowest BCUT2D eigenvalue weighted by molar-refractivity contribution is -0.139. The van der Waals surface area contributed by atoms with Crippen LogP contribution in [-0.4, -0.2) is 55.7 Å². The van der Waals surface area contributed by atoms with Gasteiger partial charge in [0.25, 0.3) is 0 Å². The van der Waals surface area contributed by atoms with Gasteiger partial charge in [0.1, 0.15) is 6.54 Å². The molecule has 1 rings (SSSR count). The van der Waals surface area contributed by atoms with Gasteiger partial charge in [-0.3, -0.25) is 9.69 Å². The van der Waals surface area contributed by atoms with E-state index >= 15 is 0 Å². The third-order valence-electron chi connectivity index (χ3n) is 2.47. The summed E-state index contributed by atoms with van der Waals surface area (Å²) in [6.07, 6.45) is -4.34. The lowest BCUT2D eigenvalue weighted by Gasteiger charge is -2.33. The van der Waals surface area contributed by atoms with Gasteiger partial charge in [0.05, 0.1) is 6.54 Å². The maximum absolute atomic E-state index is 11.8. The number of piperazine rings is 1. The van der Waals surface area contributed by atoms with E-state index in [4.69, 9.17) is 0 Å². The summed E-state index contributed by atoms with van der Waals surface area (Å²) < 4.78 is 35.5. The van der Waals surface area contributed by atoms with Gasteiger partial charge in [-0.1, -0.05) is 0 Å². The quantitative estimate of drug-likeness (QED) is 0.726. The molecular formula is C9H16F3N3O. The molecular weight excluding hydrogens is 223 g/mol. The van der Waals surface area contributed by atoms with Gasteiger partial charge in [-0.15, -0.1) is 0 Å². The zero-order valence-electron chi connectivity index (χ0n) is 9.10. The first-order valence-corrected chi connectivity index (χ1v) is 5.17. The lowest BCUT2D eigenvalue weighted by Crippen LogP contribution is -2.53. The molecule has 0 unspecified atom stereocenters. The first-order valence-electron chi connectivity index (χ1n) is 5.17. The van der Waals surface area contributed by atoms with E-state index in [-0.39, 0.29) is 12.6 Å². The van der Waals surface area contributed by atoms with Crippen LogP contribution in [0.4, 0.5) is 13.2 Å². The summed E-state index contributed by atoms with van der Waals surface area (Å²) in [4.78, 5) is 13.1. The molecule has 1 amide bonds. The Labute approximate surface area is 92.2 Å². The molecule has 0 radical (unpaired) electrons. The zero-order valence-corrected chi connectivity index (χ0v) is 9.10. The van der Waals surface area contributed by atoms with E-state index in [2.05, 4.69) is 5.32 Å². The van der Waals surface area contributed by atoms with Gasteiger partial charge in [-0.05, 0) is 6.92 Å². The smallest absolute Gasteiger partial charge is 0.346 e. The van der Waals surface area contributed by atoms with Crippen LogP contribution in [-0.2, 0) is 4.79 Å². The van der Waals surface area contributed by atoms with Crippen LogP contribution in [0.1, 0.15) is 6.92 Å². The van der Waals surface area contributed by atoms with Crippen LogP contribution in [0.15, 0.2) is 0 Å². The maximum atomic E-state index is 11.8. The first kappa shape index (κ1) is 13.2. The second kappa shape index (κ2) is 5.49. The Morgan fingerprint density at radius 2 is 2.25 bits per heavy atom. The highest BCUT2D eigenvalue weighted by Crippen LogP contribution is 2.12. The molecule has 0 bridgehead atoms. The van der Waals surface area contributed by atoms with Gasteiger partial charge in [0.15, 0.2) is 0 Å². The summed E-state index contributed by atoms with van der Waals surface area (Å²) in [7, 11) is 0. The molecule has 2 N–H and O–H groups in total. The summed E-state index contributed by atoms with van der Waals surface area (Å²) in [5.41, 5.74) is 0. The molecule has 0 aromatic carbocycles. The molecule has 0 aromatic heterocycles. The predicted molar refractivity (Wildman–Crippen MR) is 53.0 cm³/mol. The van der Waals surface area contributed by atoms with Gasteiger partial charge >= 0.3 is 6.18 Å². The van der Waals surface area contributed by atoms with Gasteiger partial charge in [0.2, 0.25) is 5.91 Å². The third-order valence-corrected chi connectivity index (χ3v) is 2.47. The van der Waals surface area contributed by atoms with Crippen LogP contribution in [0.25, 0.3) is 0 Å². The number of carbonyl (C=O) groups excluding carboxylic acids is 1. The molecule has 1 atom stereocenters. The number of carbonyl (C=O) groups is 1. The van der Waals surface area contributed by atoms with Crippen LogP contribution in [0, 0.1) is 0 Å². The Kier molecular flexibility index (Phi) is 4.55. The van der Waals surface area contributed by atoms with Crippen LogP contribution in [0.2, 0.25) is 0 Å². The fourth-order valence-corrected chi connectivity index (χ4v) is 1.56. The van der Waals surface area contributed by atoms with E-state index in [1.807, 2.05) is 17.1 Å². The van der Waals surface area contributed by atoms with E-state index < -0.39 is 18.6 Å². The van der Waals surface area contributed by atoms with Crippen LogP contribution in [0.5, 0.6) is 0 Å². The molecule has 7 heteroatoms. The number of halogens is 3. The highest BCUT2D eigenvalue weighted by atomic mass is 19.4. The molecule has 0 saturated carbocycles. The molecule has 0 spiro atoms. The fraction of sp³-hybridized carbons (Fsp3) is 0.889. The second-order valence-electron chi connectivity index (χ2n) is 3.92. The third kappa shape index (κ3) is 4.80. The van der Waals surface area contributed by atoms with Crippen molar-refractivity contribution in [2.45, 2.75) is 19.1 Å². The Morgan fingerprint density at radius 3 is 2.81 bits per heavy atom. The molecule has 16 heavy (non-hydrogen) atoms. The molecule has 1 heterocycles. The summed E-state index contributed by atoms with van der Waals surface area (Å²) in [6.45, 7) is 2.90. The summed E-state index contributed by atoms with van der Waals surface area (Å²) in [5, 5.41) is 5.01. The standard InChI is InChI=1S/C9H16F3N3O/c1-7-4-13-2-3-15(7)5-8(16)14-6-9(10,11)12/h7,13H,2-6H2,1H3,(H,14,16)/t7-/m1/s1. The average molecular weight is 239 g/mol. The van der Waals surface area contributed by atoms with Crippen molar-refractivity contribution in [3.8, 4) is 0 Å². The van der Waals surface area contributed by atoms with Crippen molar-refractivity contribution in [2.24, 2.45) is 0 Å². The number of hydrogen-bond donors (Lipinski definition) is 2. The van der Waals surface area contributed by atoms with Crippen molar-refractivity contribution < 1.29 is 18.0 Å². The highest BCUT2D eigenvalue weighted by molar-refractivity contribution is 5.78. The Morgan fingerprint density at radius 1 is 1.56 bits per heavy atom.